The highest BCUT2D eigenvalue weighted by Crippen LogP contribution is 2.27. The summed E-state index contributed by atoms with van der Waals surface area (Å²) < 4.78 is 20.8. The van der Waals surface area contributed by atoms with E-state index in [9.17, 15) is 14.3 Å². The van der Waals surface area contributed by atoms with Crippen LogP contribution in [-0.4, -0.2) is 45.5 Å². The van der Waals surface area contributed by atoms with Gasteiger partial charge in [-0.1, -0.05) is 17.7 Å². The molecule has 0 saturated heterocycles. The molecule has 0 fully saturated rings. The van der Waals surface area contributed by atoms with E-state index in [1.54, 1.807) is 23.7 Å². The largest absolute Gasteiger partial charge is 0.461 e. The number of aromatic nitrogens is 2. The number of hydrogen-bond donors (Lipinski definition) is 1. The van der Waals surface area contributed by atoms with Gasteiger partial charge in [0.05, 0.1) is 19.8 Å². The van der Waals surface area contributed by atoms with Crippen molar-refractivity contribution in [2.45, 2.75) is 33.0 Å². The SMILES string of the molecule is CCOC(=O)c1nn(CCO)c2c1CN(Cc1c(F)cccc1Cl)CC2. The van der Waals surface area contributed by atoms with Gasteiger partial charge in [-0.15, -0.1) is 0 Å². The van der Waals surface area contributed by atoms with E-state index in [-0.39, 0.29) is 24.7 Å². The van der Waals surface area contributed by atoms with Crippen molar-refractivity contribution in [3.05, 3.63) is 51.6 Å². The zero-order chi connectivity index (χ0) is 18.7. The number of aliphatic hydroxyl groups is 1. The molecule has 0 amide bonds. The molecule has 0 saturated carbocycles. The second kappa shape index (κ2) is 8.16. The van der Waals surface area contributed by atoms with Crippen molar-refractivity contribution in [1.82, 2.24) is 14.7 Å². The summed E-state index contributed by atoms with van der Waals surface area (Å²) in [6, 6.07) is 4.63. The summed E-state index contributed by atoms with van der Waals surface area (Å²) in [4.78, 5) is 14.3. The molecule has 1 aliphatic rings. The number of halogens is 2. The van der Waals surface area contributed by atoms with Crippen LogP contribution in [0, 0.1) is 5.82 Å². The Morgan fingerprint density at radius 3 is 2.96 bits per heavy atom. The summed E-state index contributed by atoms with van der Waals surface area (Å²) in [7, 11) is 0. The molecule has 3 rings (SSSR count). The van der Waals surface area contributed by atoms with E-state index in [0.717, 1.165) is 11.3 Å². The Bertz CT molecular complexity index is 789. The third-order valence-corrected chi connectivity index (χ3v) is 4.79. The van der Waals surface area contributed by atoms with E-state index in [1.807, 2.05) is 4.90 Å². The Labute approximate surface area is 156 Å². The lowest BCUT2D eigenvalue weighted by molar-refractivity contribution is 0.0515. The highest BCUT2D eigenvalue weighted by molar-refractivity contribution is 6.31. The molecule has 1 aromatic heterocycles. The maximum atomic E-state index is 14.1. The van der Waals surface area contributed by atoms with Gasteiger partial charge in [-0.25, -0.2) is 9.18 Å². The van der Waals surface area contributed by atoms with E-state index >= 15 is 0 Å². The number of carbonyl (C=O) groups excluding carboxylic acids is 1. The van der Waals surface area contributed by atoms with Crippen molar-refractivity contribution in [3.63, 3.8) is 0 Å². The van der Waals surface area contributed by atoms with Gasteiger partial charge in [-0.2, -0.15) is 5.10 Å². The van der Waals surface area contributed by atoms with Crippen molar-refractivity contribution >= 4 is 17.6 Å². The molecule has 0 unspecified atom stereocenters. The lowest BCUT2D eigenvalue weighted by Gasteiger charge is -2.28. The van der Waals surface area contributed by atoms with E-state index in [2.05, 4.69) is 5.10 Å². The van der Waals surface area contributed by atoms with E-state index in [4.69, 9.17) is 16.3 Å². The molecule has 0 bridgehead atoms. The molecule has 1 aliphatic heterocycles. The van der Waals surface area contributed by atoms with Gasteiger partial charge < -0.3 is 9.84 Å². The number of rotatable bonds is 6. The van der Waals surface area contributed by atoms with Crippen molar-refractivity contribution in [3.8, 4) is 0 Å². The van der Waals surface area contributed by atoms with Crippen molar-refractivity contribution in [2.24, 2.45) is 0 Å². The average Bonchev–Trinajstić information content (AvgIpc) is 2.97. The Hall–Kier alpha value is -1.96. The standard InChI is InChI=1S/C18H21ClFN3O3/c1-2-26-18(25)17-13-11-22(7-6-16(13)23(21-17)8-9-24)10-12-14(19)4-3-5-15(12)20/h3-5,24H,2,6-11H2,1H3. The van der Waals surface area contributed by atoms with Crippen LogP contribution in [-0.2, 0) is 30.8 Å². The Balaban J connectivity index is 1.87. The van der Waals surface area contributed by atoms with Gasteiger partial charge in [0.25, 0.3) is 0 Å². The second-order valence-corrected chi connectivity index (χ2v) is 6.51. The maximum Gasteiger partial charge on any atom is 0.359 e. The molecule has 6 nitrogen and oxygen atoms in total. The highest BCUT2D eigenvalue weighted by Gasteiger charge is 2.29. The maximum absolute atomic E-state index is 14.1. The summed E-state index contributed by atoms with van der Waals surface area (Å²) in [5.74, 6) is -0.823. The number of carbonyl (C=O) groups is 1. The van der Waals surface area contributed by atoms with Crippen LogP contribution in [0.3, 0.4) is 0 Å². The summed E-state index contributed by atoms with van der Waals surface area (Å²) in [6.07, 6.45) is 0.647. The first-order chi connectivity index (χ1) is 12.5. The molecular weight excluding hydrogens is 361 g/mol. The van der Waals surface area contributed by atoms with Crippen LogP contribution in [0.2, 0.25) is 5.02 Å². The second-order valence-electron chi connectivity index (χ2n) is 6.10. The molecule has 0 aliphatic carbocycles. The zero-order valence-corrected chi connectivity index (χ0v) is 15.3. The molecule has 140 valence electrons. The quantitative estimate of drug-likeness (QED) is 0.778. The molecular formula is C18H21ClFN3O3. The average molecular weight is 382 g/mol. The minimum atomic E-state index is -0.480. The molecule has 1 aromatic carbocycles. The molecule has 0 spiro atoms. The molecule has 26 heavy (non-hydrogen) atoms. The van der Waals surface area contributed by atoms with Gasteiger partial charge >= 0.3 is 5.97 Å². The van der Waals surface area contributed by atoms with Crippen LogP contribution in [0.15, 0.2) is 18.2 Å². The Kier molecular flexibility index (Phi) is 5.90. The third-order valence-electron chi connectivity index (χ3n) is 4.44. The molecule has 0 atom stereocenters. The van der Waals surface area contributed by atoms with Crippen LogP contribution < -0.4 is 0 Å². The molecule has 0 radical (unpaired) electrons. The minimum Gasteiger partial charge on any atom is -0.461 e. The van der Waals surface area contributed by atoms with Crippen LogP contribution in [0.5, 0.6) is 0 Å². The third kappa shape index (κ3) is 3.75. The first-order valence-electron chi connectivity index (χ1n) is 8.57. The van der Waals surface area contributed by atoms with Crippen LogP contribution in [0.1, 0.15) is 34.2 Å². The van der Waals surface area contributed by atoms with Gasteiger partial charge in [0.15, 0.2) is 5.69 Å². The summed E-state index contributed by atoms with van der Waals surface area (Å²) >= 11 is 6.13. The number of fused-ring (bicyclic) bond motifs is 1. The smallest absolute Gasteiger partial charge is 0.359 e. The number of hydrogen-bond acceptors (Lipinski definition) is 5. The summed E-state index contributed by atoms with van der Waals surface area (Å²) in [5.41, 5.74) is 2.39. The fraction of sp³-hybridized carbons (Fsp3) is 0.444. The van der Waals surface area contributed by atoms with Gasteiger partial charge in [0.2, 0.25) is 0 Å². The number of esters is 1. The highest BCUT2D eigenvalue weighted by atomic mass is 35.5. The van der Waals surface area contributed by atoms with Crippen molar-refractivity contribution < 1.29 is 19.0 Å². The first-order valence-corrected chi connectivity index (χ1v) is 8.94. The van der Waals surface area contributed by atoms with Gasteiger partial charge in [-0.05, 0) is 19.1 Å². The Morgan fingerprint density at radius 1 is 1.46 bits per heavy atom. The predicted octanol–water partition coefficient (Wildman–Crippen LogP) is 2.40. The normalized spacial score (nSPS) is 14.3. The molecule has 1 N–H and O–H groups in total. The Morgan fingerprint density at radius 2 is 2.27 bits per heavy atom. The topological polar surface area (TPSA) is 67.6 Å². The van der Waals surface area contributed by atoms with Crippen LogP contribution in [0.4, 0.5) is 4.39 Å². The van der Waals surface area contributed by atoms with Crippen LogP contribution >= 0.6 is 11.6 Å². The zero-order valence-electron chi connectivity index (χ0n) is 14.5. The van der Waals surface area contributed by atoms with E-state index < -0.39 is 5.97 Å². The number of aliphatic hydroxyl groups excluding tert-OH is 1. The monoisotopic (exact) mass is 381 g/mol. The van der Waals surface area contributed by atoms with E-state index in [0.29, 0.717) is 43.2 Å². The van der Waals surface area contributed by atoms with Gasteiger partial charge in [0.1, 0.15) is 5.82 Å². The lowest BCUT2D eigenvalue weighted by atomic mass is 10.0. The number of nitrogens with zero attached hydrogens (tertiary/aromatic N) is 3. The first kappa shape index (κ1) is 18.8. The van der Waals surface area contributed by atoms with Crippen LogP contribution in [0.25, 0.3) is 0 Å². The lowest BCUT2D eigenvalue weighted by Crippen LogP contribution is -2.32. The summed E-state index contributed by atoms with van der Waals surface area (Å²) in [5, 5.41) is 14.0. The molecule has 2 heterocycles. The number of benzene rings is 1. The summed E-state index contributed by atoms with van der Waals surface area (Å²) in [6.45, 7) is 3.72. The fourth-order valence-corrected chi connectivity index (χ4v) is 3.45. The van der Waals surface area contributed by atoms with Crippen molar-refractivity contribution in [1.29, 1.82) is 0 Å². The fourth-order valence-electron chi connectivity index (χ4n) is 3.23. The van der Waals surface area contributed by atoms with Gasteiger partial charge in [0, 0.05) is 47.9 Å². The van der Waals surface area contributed by atoms with Gasteiger partial charge in [-0.3, -0.25) is 9.58 Å². The molecule has 8 heteroatoms. The molecule has 2 aromatic rings. The minimum absolute atomic E-state index is 0.0645. The van der Waals surface area contributed by atoms with Crippen molar-refractivity contribution in [2.75, 3.05) is 19.8 Å². The number of ether oxygens (including phenoxy) is 1. The predicted molar refractivity (Wildman–Crippen MR) is 94.5 cm³/mol. The van der Waals surface area contributed by atoms with E-state index in [1.165, 1.54) is 6.07 Å².